The van der Waals surface area contributed by atoms with E-state index in [0.717, 1.165) is 6.42 Å². The molecule has 2 atom stereocenters. The molecular weight excluding hydrogens is 507 g/mol. The van der Waals surface area contributed by atoms with Crippen LogP contribution in [0.2, 0.25) is 0 Å². The molecule has 1 amide bonds. The van der Waals surface area contributed by atoms with Gasteiger partial charge in [0.1, 0.15) is 11.6 Å². The predicted octanol–water partition coefficient (Wildman–Crippen LogP) is 4.55. The van der Waals surface area contributed by atoms with E-state index in [0.29, 0.717) is 23.6 Å². The minimum absolute atomic E-state index is 0.0108. The predicted molar refractivity (Wildman–Crippen MR) is 134 cm³/mol. The molecule has 0 bridgehead atoms. The molecule has 0 radical (unpaired) electrons. The van der Waals surface area contributed by atoms with Crippen LogP contribution >= 0.6 is 0 Å². The third kappa shape index (κ3) is 5.43. The van der Waals surface area contributed by atoms with Crippen LogP contribution in [0.1, 0.15) is 62.5 Å². The first kappa shape index (κ1) is 26.9. The molecule has 1 aliphatic heterocycles. The van der Waals surface area contributed by atoms with Crippen molar-refractivity contribution in [3.63, 3.8) is 0 Å². The molecule has 2 aromatic heterocycles. The van der Waals surface area contributed by atoms with Gasteiger partial charge in [-0.25, -0.2) is 14.7 Å². The Bertz CT molecular complexity index is 1340. The van der Waals surface area contributed by atoms with Crippen molar-refractivity contribution in [1.29, 1.82) is 0 Å². The SMILES string of the molecule is CC1CCN(c2nc(C3=CCC(C(F)(F)F)CC3)ccc2C(=O)NS(=O)(=O)c2cccc(N)n2)C1(C)C. The summed E-state index contributed by atoms with van der Waals surface area (Å²) in [6, 6.07) is 7.10. The summed E-state index contributed by atoms with van der Waals surface area (Å²) in [5.41, 5.74) is 6.40. The number of nitrogen functional groups attached to an aromatic ring is 1. The molecular formula is C25H30F3N5O3S. The highest BCUT2D eigenvalue weighted by molar-refractivity contribution is 7.90. The fourth-order valence-electron chi connectivity index (χ4n) is 4.79. The molecule has 1 fully saturated rings. The van der Waals surface area contributed by atoms with Gasteiger partial charge in [-0.15, -0.1) is 0 Å². The lowest BCUT2D eigenvalue weighted by molar-refractivity contribution is -0.175. The van der Waals surface area contributed by atoms with Gasteiger partial charge in [0.05, 0.1) is 17.2 Å². The van der Waals surface area contributed by atoms with Crippen molar-refractivity contribution in [1.82, 2.24) is 14.7 Å². The van der Waals surface area contributed by atoms with E-state index in [4.69, 9.17) is 10.7 Å². The summed E-state index contributed by atoms with van der Waals surface area (Å²) >= 11 is 0. The van der Waals surface area contributed by atoms with Crippen LogP contribution in [0.5, 0.6) is 0 Å². The van der Waals surface area contributed by atoms with Gasteiger partial charge in [-0.05, 0) is 75.3 Å². The van der Waals surface area contributed by atoms with E-state index in [1.807, 2.05) is 23.5 Å². The summed E-state index contributed by atoms with van der Waals surface area (Å²) in [4.78, 5) is 23.7. The van der Waals surface area contributed by atoms with E-state index in [1.54, 1.807) is 12.1 Å². The Morgan fingerprint density at radius 2 is 1.89 bits per heavy atom. The topological polar surface area (TPSA) is 118 Å². The maximum Gasteiger partial charge on any atom is 0.392 e. The van der Waals surface area contributed by atoms with Crippen molar-refractivity contribution in [2.75, 3.05) is 17.2 Å². The van der Waals surface area contributed by atoms with E-state index in [1.165, 1.54) is 24.3 Å². The third-order valence-corrected chi connectivity index (χ3v) is 8.75. The molecule has 3 heterocycles. The zero-order valence-electron chi connectivity index (χ0n) is 20.8. The summed E-state index contributed by atoms with van der Waals surface area (Å²) in [6.07, 6.45) is -1.82. The summed E-state index contributed by atoms with van der Waals surface area (Å²) in [6.45, 7) is 6.70. The number of sulfonamides is 1. The lowest BCUT2D eigenvalue weighted by Gasteiger charge is -2.37. The molecule has 0 saturated carbocycles. The van der Waals surface area contributed by atoms with Crippen molar-refractivity contribution in [2.24, 2.45) is 11.8 Å². The Kier molecular flexibility index (Phi) is 7.00. The number of nitrogens with one attached hydrogen (secondary N) is 1. The van der Waals surface area contributed by atoms with Gasteiger partial charge in [0.25, 0.3) is 15.9 Å². The number of hydrogen-bond donors (Lipinski definition) is 2. The first-order valence-corrected chi connectivity index (χ1v) is 13.5. The van der Waals surface area contributed by atoms with Gasteiger partial charge in [0, 0.05) is 12.1 Å². The Labute approximate surface area is 214 Å². The van der Waals surface area contributed by atoms with Crippen molar-refractivity contribution < 1.29 is 26.4 Å². The molecule has 3 N–H and O–H groups in total. The number of hydrogen-bond acceptors (Lipinski definition) is 7. The average molecular weight is 538 g/mol. The Morgan fingerprint density at radius 1 is 1.16 bits per heavy atom. The molecule has 37 heavy (non-hydrogen) atoms. The Hall–Kier alpha value is -3.15. The molecule has 0 spiro atoms. The quantitative estimate of drug-likeness (QED) is 0.575. The number of carbonyl (C=O) groups excluding carboxylic acids is 1. The number of pyridine rings is 2. The second-order valence-corrected chi connectivity index (χ2v) is 11.8. The number of alkyl halides is 3. The Morgan fingerprint density at radius 3 is 2.46 bits per heavy atom. The highest BCUT2D eigenvalue weighted by Crippen LogP contribution is 2.41. The van der Waals surface area contributed by atoms with Gasteiger partial charge in [-0.2, -0.15) is 21.6 Å². The monoisotopic (exact) mass is 537 g/mol. The number of anilines is 2. The average Bonchev–Trinajstić information content (AvgIpc) is 3.10. The van der Waals surface area contributed by atoms with Crippen molar-refractivity contribution in [2.45, 2.75) is 63.2 Å². The number of allylic oxidation sites excluding steroid dienone is 2. The van der Waals surface area contributed by atoms with E-state index >= 15 is 0 Å². The first-order valence-electron chi connectivity index (χ1n) is 12.0. The van der Waals surface area contributed by atoms with Crippen molar-refractivity contribution in [3.05, 3.63) is 47.7 Å². The van der Waals surface area contributed by atoms with Crippen LogP contribution in [0.15, 0.2) is 41.4 Å². The normalized spacial score (nSPS) is 22.0. The summed E-state index contributed by atoms with van der Waals surface area (Å²) < 4.78 is 67.1. The number of nitrogens with zero attached hydrogens (tertiary/aromatic N) is 3. The lowest BCUT2D eigenvalue weighted by atomic mass is 9.87. The van der Waals surface area contributed by atoms with Gasteiger partial charge in [-0.3, -0.25) is 4.79 Å². The first-order chi connectivity index (χ1) is 17.2. The standard InChI is InChI=1S/C25H30F3N5O3S/c1-15-13-14-33(24(15,2)3)22-18(23(34)32-37(35,36)21-6-4-5-20(29)31-21)11-12-19(30-22)16-7-9-17(10-8-16)25(26,27)28/h4-7,11-12,15,17H,8-10,13-14H2,1-3H3,(H2,29,31)(H,32,34). The molecule has 12 heteroatoms. The largest absolute Gasteiger partial charge is 0.392 e. The second-order valence-electron chi connectivity index (χ2n) is 10.1. The number of amides is 1. The fraction of sp³-hybridized carbons (Fsp3) is 0.480. The summed E-state index contributed by atoms with van der Waals surface area (Å²) in [7, 11) is -4.32. The third-order valence-electron chi connectivity index (χ3n) is 7.51. The molecule has 8 nitrogen and oxygen atoms in total. The number of aromatic nitrogens is 2. The Balaban J connectivity index is 1.71. The number of carbonyl (C=O) groups is 1. The molecule has 2 aromatic rings. The number of nitrogens with two attached hydrogens (primary N) is 1. The van der Waals surface area contributed by atoms with Crippen LogP contribution < -0.4 is 15.4 Å². The van der Waals surface area contributed by atoms with Crippen LogP contribution in [0, 0.1) is 11.8 Å². The fourth-order valence-corrected chi connectivity index (χ4v) is 5.73. The molecule has 1 saturated heterocycles. The number of rotatable bonds is 5. The van der Waals surface area contributed by atoms with E-state index < -0.39 is 38.6 Å². The van der Waals surface area contributed by atoms with Crippen LogP contribution in [-0.2, 0) is 10.0 Å². The van der Waals surface area contributed by atoms with Crippen LogP contribution in [-0.4, -0.2) is 42.6 Å². The van der Waals surface area contributed by atoms with Crippen molar-refractivity contribution in [3.8, 4) is 0 Å². The van der Waals surface area contributed by atoms with Crippen LogP contribution in [0.4, 0.5) is 24.8 Å². The molecule has 2 aliphatic rings. The molecule has 2 unspecified atom stereocenters. The van der Waals surface area contributed by atoms with Crippen LogP contribution in [0.3, 0.4) is 0 Å². The van der Waals surface area contributed by atoms with Gasteiger partial charge >= 0.3 is 6.18 Å². The zero-order valence-corrected chi connectivity index (χ0v) is 21.7. The van der Waals surface area contributed by atoms with Crippen molar-refractivity contribution >= 4 is 33.1 Å². The highest BCUT2D eigenvalue weighted by atomic mass is 32.2. The van der Waals surface area contributed by atoms with E-state index in [9.17, 15) is 26.4 Å². The smallest absolute Gasteiger partial charge is 0.384 e. The molecule has 4 rings (SSSR count). The second kappa shape index (κ2) is 9.62. The van der Waals surface area contributed by atoms with Crippen LogP contribution in [0.25, 0.3) is 5.57 Å². The summed E-state index contributed by atoms with van der Waals surface area (Å²) in [5, 5.41) is -0.395. The number of halogens is 3. The highest BCUT2D eigenvalue weighted by Gasteiger charge is 2.42. The molecule has 0 aromatic carbocycles. The van der Waals surface area contributed by atoms with E-state index in [-0.39, 0.29) is 36.6 Å². The maximum atomic E-state index is 13.3. The zero-order chi connectivity index (χ0) is 27.2. The maximum absolute atomic E-state index is 13.3. The van der Waals surface area contributed by atoms with Gasteiger partial charge in [0.2, 0.25) is 0 Å². The molecule has 200 valence electrons. The van der Waals surface area contributed by atoms with Gasteiger partial charge < -0.3 is 10.6 Å². The van der Waals surface area contributed by atoms with Gasteiger partial charge in [0.15, 0.2) is 5.03 Å². The van der Waals surface area contributed by atoms with Gasteiger partial charge in [-0.1, -0.05) is 19.1 Å². The van der Waals surface area contributed by atoms with E-state index in [2.05, 4.69) is 11.9 Å². The molecule has 1 aliphatic carbocycles. The minimum Gasteiger partial charge on any atom is -0.384 e. The summed E-state index contributed by atoms with van der Waals surface area (Å²) in [5.74, 6) is -1.73. The lowest BCUT2D eigenvalue weighted by Crippen LogP contribution is -2.44. The minimum atomic E-state index is -4.32.